The third-order valence-electron chi connectivity index (χ3n) is 4.26. The van der Waals surface area contributed by atoms with Gasteiger partial charge in [0.05, 0.1) is 29.3 Å². The standard InChI is InChI=1S/C23H22FN3O4/c1-23(2,3)31-22(29)26-10-11-30-20-17-9-8-16(24)12-18(17)21(28)27-19(20)15-6-4-14(13-25)5-7-15/h4-9,12H,10-11H2,1-3H3,(H,26,29)(H,27,28). The zero-order valence-corrected chi connectivity index (χ0v) is 17.4. The molecule has 0 radical (unpaired) electrons. The highest BCUT2D eigenvalue weighted by atomic mass is 19.1. The molecule has 0 bridgehead atoms. The van der Waals surface area contributed by atoms with Crippen LogP contribution in [-0.4, -0.2) is 29.8 Å². The van der Waals surface area contributed by atoms with Crippen LogP contribution in [0.25, 0.3) is 22.0 Å². The fraction of sp³-hybridized carbons (Fsp3) is 0.261. The number of hydrogen-bond donors (Lipinski definition) is 2. The van der Waals surface area contributed by atoms with Crippen LogP contribution in [0.1, 0.15) is 26.3 Å². The minimum absolute atomic E-state index is 0.0844. The number of amides is 1. The molecule has 160 valence electrons. The monoisotopic (exact) mass is 423 g/mol. The Labute approximate surface area is 178 Å². The SMILES string of the molecule is CC(C)(C)OC(=O)NCCOc1c(-c2ccc(C#N)cc2)[nH]c(=O)c2cc(F)ccc12. The van der Waals surface area contributed by atoms with Crippen molar-refractivity contribution < 1.29 is 18.7 Å². The van der Waals surface area contributed by atoms with Gasteiger partial charge < -0.3 is 19.8 Å². The summed E-state index contributed by atoms with van der Waals surface area (Å²) in [5.41, 5.74) is 0.404. The van der Waals surface area contributed by atoms with Crippen molar-refractivity contribution in [2.75, 3.05) is 13.2 Å². The van der Waals surface area contributed by atoms with Crippen molar-refractivity contribution in [2.24, 2.45) is 0 Å². The van der Waals surface area contributed by atoms with Crippen molar-refractivity contribution in [2.45, 2.75) is 26.4 Å². The quantitative estimate of drug-likeness (QED) is 0.601. The van der Waals surface area contributed by atoms with Crippen molar-refractivity contribution in [3.63, 3.8) is 0 Å². The summed E-state index contributed by atoms with van der Waals surface area (Å²) in [5, 5.41) is 12.2. The first-order valence-electron chi connectivity index (χ1n) is 9.63. The van der Waals surface area contributed by atoms with Crippen LogP contribution >= 0.6 is 0 Å². The maximum absolute atomic E-state index is 13.7. The van der Waals surface area contributed by atoms with Crippen molar-refractivity contribution in [3.8, 4) is 23.1 Å². The molecule has 1 aromatic heterocycles. The first kappa shape index (κ1) is 21.8. The van der Waals surface area contributed by atoms with Crippen LogP contribution in [0, 0.1) is 17.1 Å². The van der Waals surface area contributed by atoms with Crippen LogP contribution in [0.15, 0.2) is 47.3 Å². The van der Waals surface area contributed by atoms with Crippen molar-refractivity contribution >= 4 is 16.9 Å². The van der Waals surface area contributed by atoms with Crippen molar-refractivity contribution in [1.82, 2.24) is 10.3 Å². The number of nitriles is 1. The fourth-order valence-corrected chi connectivity index (χ4v) is 2.96. The number of rotatable bonds is 5. The molecule has 0 unspecified atom stereocenters. The molecule has 0 aliphatic rings. The molecular weight excluding hydrogens is 401 g/mol. The van der Waals surface area contributed by atoms with Crippen LogP contribution in [0.5, 0.6) is 5.75 Å². The Balaban J connectivity index is 1.92. The normalized spacial score (nSPS) is 11.1. The van der Waals surface area contributed by atoms with E-state index in [2.05, 4.69) is 10.3 Å². The smallest absolute Gasteiger partial charge is 0.407 e. The highest BCUT2D eigenvalue weighted by Crippen LogP contribution is 2.33. The van der Waals surface area contributed by atoms with E-state index < -0.39 is 23.1 Å². The van der Waals surface area contributed by atoms with E-state index in [0.717, 1.165) is 6.07 Å². The number of aromatic amines is 1. The molecule has 3 aromatic rings. The van der Waals surface area contributed by atoms with E-state index in [4.69, 9.17) is 14.7 Å². The lowest BCUT2D eigenvalue weighted by Gasteiger charge is -2.20. The average molecular weight is 423 g/mol. The Hall–Kier alpha value is -3.86. The summed E-state index contributed by atoms with van der Waals surface area (Å²) in [5.74, 6) is -0.202. The number of nitrogens with zero attached hydrogens (tertiary/aromatic N) is 1. The van der Waals surface area contributed by atoms with E-state index in [1.54, 1.807) is 45.0 Å². The van der Waals surface area contributed by atoms with Gasteiger partial charge in [0.1, 0.15) is 18.0 Å². The number of halogens is 1. The second-order valence-electron chi connectivity index (χ2n) is 7.81. The molecule has 0 aliphatic heterocycles. The van der Waals surface area contributed by atoms with Crippen LogP contribution in [-0.2, 0) is 4.74 Å². The van der Waals surface area contributed by atoms with Crippen LogP contribution in [0.3, 0.4) is 0 Å². The number of pyridine rings is 1. The molecule has 0 saturated heterocycles. The van der Waals surface area contributed by atoms with Crippen LogP contribution in [0.2, 0.25) is 0 Å². The summed E-state index contributed by atoms with van der Waals surface area (Å²) in [7, 11) is 0. The zero-order valence-electron chi connectivity index (χ0n) is 17.4. The van der Waals surface area contributed by atoms with Gasteiger partial charge in [-0.2, -0.15) is 5.26 Å². The predicted molar refractivity (Wildman–Crippen MR) is 114 cm³/mol. The van der Waals surface area contributed by atoms with Gasteiger partial charge in [-0.05, 0) is 51.1 Å². The Morgan fingerprint density at radius 1 is 1.16 bits per heavy atom. The van der Waals surface area contributed by atoms with Gasteiger partial charge in [-0.15, -0.1) is 0 Å². The third-order valence-corrected chi connectivity index (χ3v) is 4.26. The van der Waals surface area contributed by atoms with E-state index in [9.17, 15) is 14.0 Å². The van der Waals surface area contributed by atoms with E-state index in [1.165, 1.54) is 12.1 Å². The van der Waals surface area contributed by atoms with E-state index in [0.29, 0.717) is 28.0 Å². The number of carbonyl (C=O) groups excluding carboxylic acids is 1. The number of fused-ring (bicyclic) bond motifs is 1. The zero-order chi connectivity index (χ0) is 22.6. The second-order valence-corrected chi connectivity index (χ2v) is 7.81. The summed E-state index contributed by atoms with van der Waals surface area (Å²) in [4.78, 5) is 27.1. The lowest BCUT2D eigenvalue weighted by Crippen LogP contribution is -2.34. The van der Waals surface area contributed by atoms with E-state index in [-0.39, 0.29) is 18.5 Å². The Kier molecular flexibility index (Phi) is 6.25. The predicted octanol–water partition coefficient (Wildman–Crippen LogP) is 4.11. The molecule has 0 fully saturated rings. The topological polar surface area (TPSA) is 104 Å². The molecule has 0 saturated carbocycles. The number of hydrogen-bond acceptors (Lipinski definition) is 5. The molecule has 1 heterocycles. The van der Waals surface area contributed by atoms with Crippen LogP contribution < -0.4 is 15.6 Å². The number of aromatic nitrogens is 1. The first-order valence-corrected chi connectivity index (χ1v) is 9.63. The molecule has 8 heteroatoms. The van der Waals surface area contributed by atoms with Gasteiger partial charge in [-0.1, -0.05) is 12.1 Å². The molecule has 0 spiro atoms. The average Bonchev–Trinajstić information content (AvgIpc) is 2.71. The maximum atomic E-state index is 13.7. The molecule has 7 nitrogen and oxygen atoms in total. The number of ether oxygens (including phenoxy) is 2. The number of nitrogens with one attached hydrogen (secondary N) is 2. The van der Waals surface area contributed by atoms with Gasteiger partial charge >= 0.3 is 6.09 Å². The van der Waals surface area contributed by atoms with Crippen LogP contribution in [0.4, 0.5) is 9.18 Å². The highest BCUT2D eigenvalue weighted by molar-refractivity contribution is 5.93. The van der Waals surface area contributed by atoms with Gasteiger partial charge in [0.2, 0.25) is 0 Å². The number of benzene rings is 2. The number of H-pyrrole nitrogens is 1. The van der Waals surface area contributed by atoms with Gasteiger partial charge in [-0.25, -0.2) is 9.18 Å². The molecule has 0 aliphatic carbocycles. The minimum atomic E-state index is -0.618. The van der Waals surface area contributed by atoms with Gasteiger partial charge in [-0.3, -0.25) is 4.79 Å². The summed E-state index contributed by atoms with van der Waals surface area (Å²) < 4.78 is 24.8. The largest absolute Gasteiger partial charge is 0.489 e. The maximum Gasteiger partial charge on any atom is 0.407 e. The Bertz CT molecular complexity index is 1200. The molecule has 0 atom stereocenters. The summed E-state index contributed by atoms with van der Waals surface area (Å²) in [6.45, 7) is 5.53. The Morgan fingerprint density at radius 2 is 1.87 bits per heavy atom. The molecule has 3 rings (SSSR count). The van der Waals surface area contributed by atoms with E-state index >= 15 is 0 Å². The second kappa shape index (κ2) is 8.88. The fourth-order valence-electron chi connectivity index (χ4n) is 2.96. The van der Waals surface area contributed by atoms with E-state index in [1.807, 2.05) is 6.07 Å². The van der Waals surface area contributed by atoms with Gasteiger partial charge in [0.25, 0.3) is 5.56 Å². The molecule has 1 amide bonds. The Morgan fingerprint density at radius 3 is 2.52 bits per heavy atom. The first-order chi connectivity index (χ1) is 14.7. The highest BCUT2D eigenvalue weighted by Gasteiger charge is 2.17. The number of alkyl carbamates (subject to hydrolysis) is 1. The van der Waals surface area contributed by atoms with Gasteiger partial charge in [0, 0.05) is 10.9 Å². The summed E-state index contributed by atoms with van der Waals surface area (Å²) >= 11 is 0. The molecule has 31 heavy (non-hydrogen) atoms. The molecule has 2 aromatic carbocycles. The molecule has 2 N–H and O–H groups in total. The summed E-state index contributed by atoms with van der Waals surface area (Å²) in [6, 6.07) is 12.5. The minimum Gasteiger partial charge on any atom is -0.489 e. The third kappa shape index (κ3) is 5.39. The van der Waals surface area contributed by atoms with Crippen molar-refractivity contribution in [3.05, 3.63) is 64.2 Å². The van der Waals surface area contributed by atoms with Gasteiger partial charge in [0.15, 0.2) is 5.75 Å². The lowest BCUT2D eigenvalue weighted by molar-refractivity contribution is 0.0520. The lowest BCUT2D eigenvalue weighted by atomic mass is 10.0. The molecular formula is C23H22FN3O4. The summed E-state index contributed by atoms with van der Waals surface area (Å²) in [6.07, 6.45) is -0.572. The number of carbonyl (C=O) groups is 1. The van der Waals surface area contributed by atoms with Crippen molar-refractivity contribution in [1.29, 1.82) is 5.26 Å².